The van der Waals surface area contributed by atoms with Gasteiger partial charge in [0.15, 0.2) is 0 Å². The number of benzene rings is 1. The molecular weight excluding hydrogens is 197 g/mol. The van der Waals surface area contributed by atoms with Gasteiger partial charge in [0, 0.05) is 6.20 Å². The number of hydrogen-bond acceptors (Lipinski definition) is 2. The summed E-state index contributed by atoms with van der Waals surface area (Å²) < 4.78 is 12.7. The van der Waals surface area contributed by atoms with Crippen LogP contribution in [0.3, 0.4) is 0 Å². The lowest BCUT2D eigenvalue weighted by Gasteiger charge is -2.27. The van der Waals surface area contributed by atoms with Gasteiger partial charge in [-0.05, 0) is 30.3 Å². The first kappa shape index (κ1) is 9.51. The zero-order valence-electron chi connectivity index (χ0n) is 7.93. The number of halogens is 1. The number of carbonyl (C=O) groups is 1. The van der Waals surface area contributed by atoms with E-state index in [1.54, 1.807) is 29.4 Å². The molecule has 15 heavy (non-hydrogen) atoms. The Kier molecular flexibility index (Phi) is 2.29. The maximum Gasteiger partial charge on any atom is 0.334 e. The van der Waals surface area contributed by atoms with Crippen molar-refractivity contribution in [2.24, 2.45) is 5.73 Å². The molecule has 1 aliphatic rings. The van der Waals surface area contributed by atoms with E-state index >= 15 is 0 Å². The smallest absolute Gasteiger partial charge is 0.334 e. The van der Waals surface area contributed by atoms with Gasteiger partial charge in [0.25, 0.3) is 0 Å². The van der Waals surface area contributed by atoms with Gasteiger partial charge in [0.2, 0.25) is 0 Å². The van der Waals surface area contributed by atoms with Gasteiger partial charge in [-0.2, -0.15) is 0 Å². The number of primary amides is 1. The highest BCUT2D eigenvalue weighted by Crippen LogP contribution is 2.20. The van der Waals surface area contributed by atoms with Gasteiger partial charge in [-0.3, -0.25) is 5.01 Å². The first-order valence-corrected chi connectivity index (χ1v) is 4.47. The van der Waals surface area contributed by atoms with Crippen molar-refractivity contribution in [2.45, 2.75) is 0 Å². The molecule has 78 valence electrons. The summed E-state index contributed by atoms with van der Waals surface area (Å²) in [6.45, 7) is 0.437. The minimum Gasteiger partial charge on any atom is -0.350 e. The van der Waals surface area contributed by atoms with Crippen molar-refractivity contribution in [3.8, 4) is 0 Å². The number of rotatable bonds is 1. The van der Waals surface area contributed by atoms with Crippen LogP contribution < -0.4 is 10.7 Å². The van der Waals surface area contributed by atoms with Crippen molar-refractivity contribution >= 4 is 11.7 Å². The molecule has 0 spiro atoms. The quantitative estimate of drug-likeness (QED) is 0.757. The van der Waals surface area contributed by atoms with Crippen LogP contribution in [0, 0.1) is 5.82 Å². The molecule has 1 aliphatic heterocycles. The van der Waals surface area contributed by atoms with E-state index in [-0.39, 0.29) is 5.82 Å². The number of anilines is 1. The average Bonchev–Trinajstić information content (AvgIpc) is 2.67. The van der Waals surface area contributed by atoms with Crippen molar-refractivity contribution < 1.29 is 9.18 Å². The second-order valence-electron chi connectivity index (χ2n) is 3.13. The Morgan fingerprint density at radius 3 is 2.60 bits per heavy atom. The van der Waals surface area contributed by atoms with E-state index in [1.807, 2.05) is 0 Å². The topological polar surface area (TPSA) is 49.6 Å². The third kappa shape index (κ3) is 1.76. The number of urea groups is 1. The van der Waals surface area contributed by atoms with Crippen LogP contribution in [0.5, 0.6) is 0 Å². The molecule has 0 aliphatic carbocycles. The molecule has 5 heteroatoms. The Bertz CT molecular complexity index is 402. The number of carbonyl (C=O) groups excluding carboxylic acids is 1. The fraction of sp³-hybridized carbons (Fsp3) is 0.100. The second kappa shape index (κ2) is 3.61. The molecule has 0 unspecified atom stereocenters. The predicted octanol–water partition coefficient (Wildman–Crippen LogP) is 1.46. The minimum atomic E-state index is -0.538. The van der Waals surface area contributed by atoms with Crippen LogP contribution in [0.25, 0.3) is 0 Å². The lowest BCUT2D eigenvalue weighted by molar-refractivity contribution is 0.216. The molecule has 2 rings (SSSR count). The summed E-state index contributed by atoms with van der Waals surface area (Å²) in [6.07, 6.45) is 3.52. The summed E-state index contributed by atoms with van der Waals surface area (Å²) >= 11 is 0. The van der Waals surface area contributed by atoms with Gasteiger partial charge in [0.1, 0.15) is 5.82 Å². The third-order valence-corrected chi connectivity index (χ3v) is 2.13. The first-order valence-electron chi connectivity index (χ1n) is 4.47. The minimum absolute atomic E-state index is 0.312. The van der Waals surface area contributed by atoms with Crippen LogP contribution >= 0.6 is 0 Å². The predicted molar refractivity (Wildman–Crippen MR) is 54.3 cm³/mol. The Balaban J connectivity index is 2.26. The monoisotopic (exact) mass is 207 g/mol. The van der Waals surface area contributed by atoms with Crippen LogP contribution in [-0.4, -0.2) is 17.6 Å². The van der Waals surface area contributed by atoms with Crippen molar-refractivity contribution in [1.82, 2.24) is 5.01 Å². The largest absolute Gasteiger partial charge is 0.350 e. The summed E-state index contributed by atoms with van der Waals surface area (Å²) in [5.74, 6) is -0.312. The summed E-state index contributed by atoms with van der Waals surface area (Å²) in [7, 11) is 0. The standard InChI is InChI=1S/C10H10FN3O/c11-8-2-4-9(5-3-8)13-6-1-7-14(13)10(12)15/h1-6H,7H2,(H2,12,15). The molecule has 0 bridgehead atoms. The third-order valence-electron chi connectivity index (χ3n) is 2.13. The van der Waals surface area contributed by atoms with E-state index in [0.29, 0.717) is 12.2 Å². The molecule has 0 saturated heterocycles. The van der Waals surface area contributed by atoms with Crippen molar-refractivity contribution in [2.75, 3.05) is 11.6 Å². The van der Waals surface area contributed by atoms with E-state index in [2.05, 4.69) is 0 Å². The van der Waals surface area contributed by atoms with E-state index in [4.69, 9.17) is 5.73 Å². The van der Waals surface area contributed by atoms with Gasteiger partial charge in [-0.15, -0.1) is 0 Å². The van der Waals surface area contributed by atoms with Gasteiger partial charge < -0.3 is 5.73 Å². The lowest BCUT2D eigenvalue weighted by Crippen LogP contribution is -2.43. The van der Waals surface area contributed by atoms with Crippen molar-refractivity contribution in [1.29, 1.82) is 0 Å². The van der Waals surface area contributed by atoms with Gasteiger partial charge in [-0.25, -0.2) is 14.2 Å². The number of amides is 2. The van der Waals surface area contributed by atoms with Crippen LogP contribution in [0.4, 0.5) is 14.9 Å². The summed E-state index contributed by atoms with van der Waals surface area (Å²) in [6, 6.07) is 5.30. The Hall–Kier alpha value is -2.04. The molecular formula is C10H10FN3O. The fourth-order valence-electron chi connectivity index (χ4n) is 1.43. The van der Waals surface area contributed by atoms with Crippen LogP contribution in [-0.2, 0) is 0 Å². The van der Waals surface area contributed by atoms with Crippen LogP contribution in [0.2, 0.25) is 0 Å². The van der Waals surface area contributed by atoms with E-state index in [1.165, 1.54) is 17.1 Å². The SMILES string of the molecule is NC(=O)N1CC=CN1c1ccc(F)cc1. The molecule has 0 radical (unpaired) electrons. The molecule has 1 aromatic rings. The summed E-state index contributed by atoms with van der Waals surface area (Å²) in [4.78, 5) is 11.0. The Morgan fingerprint density at radius 1 is 1.33 bits per heavy atom. The first-order chi connectivity index (χ1) is 7.18. The molecule has 0 saturated carbocycles. The van der Waals surface area contributed by atoms with Gasteiger partial charge in [-0.1, -0.05) is 0 Å². The molecule has 2 amide bonds. The zero-order valence-corrected chi connectivity index (χ0v) is 7.93. The molecule has 2 N–H and O–H groups in total. The summed E-state index contributed by atoms with van der Waals surface area (Å²) in [5, 5.41) is 2.94. The highest BCUT2D eigenvalue weighted by Gasteiger charge is 2.20. The van der Waals surface area contributed by atoms with Gasteiger partial charge in [0.05, 0.1) is 12.2 Å². The Labute approximate surface area is 86.4 Å². The zero-order chi connectivity index (χ0) is 10.8. The maximum atomic E-state index is 12.7. The highest BCUT2D eigenvalue weighted by molar-refractivity contribution is 5.76. The molecule has 0 aromatic heterocycles. The highest BCUT2D eigenvalue weighted by atomic mass is 19.1. The van der Waals surface area contributed by atoms with Crippen LogP contribution in [0.15, 0.2) is 36.5 Å². The fourth-order valence-corrected chi connectivity index (χ4v) is 1.43. The van der Waals surface area contributed by atoms with Gasteiger partial charge >= 0.3 is 6.03 Å². The molecule has 0 fully saturated rings. The van der Waals surface area contributed by atoms with E-state index < -0.39 is 6.03 Å². The number of hydrazine groups is 1. The second-order valence-corrected chi connectivity index (χ2v) is 3.13. The van der Waals surface area contributed by atoms with Crippen LogP contribution in [0.1, 0.15) is 0 Å². The lowest BCUT2D eigenvalue weighted by atomic mass is 10.3. The normalized spacial score (nSPS) is 14.7. The average molecular weight is 207 g/mol. The molecule has 1 heterocycles. The molecule has 1 aromatic carbocycles. The number of hydrogen-bond donors (Lipinski definition) is 1. The van der Waals surface area contributed by atoms with Crippen molar-refractivity contribution in [3.05, 3.63) is 42.4 Å². The molecule has 0 atom stereocenters. The van der Waals surface area contributed by atoms with E-state index in [9.17, 15) is 9.18 Å². The van der Waals surface area contributed by atoms with E-state index in [0.717, 1.165) is 0 Å². The Morgan fingerprint density at radius 2 is 2.00 bits per heavy atom. The maximum absolute atomic E-state index is 12.7. The molecule has 4 nitrogen and oxygen atoms in total. The number of nitrogens with two attached hydrogens (primary N) is 1. The van der Waals surface area contributed by atoms with Crippen molar-refractivity contribution in [3.63, 3.8) is 0 Å². The summed E-state index contributed by atoms with van der Waals surface area (Å²) in [5.41, 5.74) is 5.88. The number of nitrogens with zero attached hydrogens (tertiary/aromatic N) is 2.